The summed E-state index contributed by atoms with van der Waals surface area (Å²) in [4.78, 5) is 4.29. The molecule has 0 atom stereocenters. The number of rotatable bonds is 7. The third kappa shape index (κ3) is 3.69. The van der Waals surface area contributed by atoms with Gasteiger partial charge in [-0.1, -0.05) is 0 Å². The van der Waals surface area contributed by atoms with Crippen molar-refractivity contribution in [2.45, 2.75) is 26.4 Å². The van der Waals surface area contributed by atoms with Gasteiger partial charge in [-0.2, -0.15) is 0 Å². The highest BCUT2D eigenvalue weighted by Gasteiger charge is 2.04. The van der Waals surface area contributed by atoms with Gasteiger partial charge in [0.1, 0.15) is 5.82 Å². The standard InChI is InChI=1S/C12H19N3O/c1-4-5-7-15-11(2)14-10-12(15)9-13-6-8-16-3/h1,10,13H,5-9H2,2-3H3. The van der Waals surface area contributed by atoms with Crippen molar-refractivity contribution in [1.29, 1.82) is 0 Å². The summed E-state index contributed by atoms with van der Waals surface area (Å²) in [6.45, 7) is 5.20. The lowest BCUT2D eigenvalue weighted by molar-refractivity contribution is 0.199. The molecule has 0 aliphatic carbocycles. The first kappa shape index (κ1) is 12.8. The van der Waals surface area contributed by atoms with E-state index in [0.717, 1.165) is 38.5 Å². The zero-order chi connectivity index (χ0) is 11.8. The second-order valence-corrected chi connectivity index (χ2v) is 3.57. The van der Waals surface area contributed by atoms with E-state index < -0.39 is 0 Å². The molecule has 0 fully saturated rings. The van der Waals surface area contributed by atoms with Crippen molar-refractivity contribution < 1.29 is 4.74 Å². The maximum atomic E-state index is 5.27. The molecule has 0 aromatic carbocycles. The van der Waals surface area contributed by atoms with Crippen molar-refractivity contribution in [3.8, 4) is 12.3 Å². The van der Waals surface area contributed by atoms with Crippen LogP contribution < -0.4 is 5.32 Å². The summed E-state index contributed by atoms with van der Waals surface area (Å²) in [6.07, 6.45) is 7.90. The summed E-state index contributed by atoms with van der Waals surface area (Å²) in [7, 11) is 1.70. The zero-order valence-corrected chi connectivity index (χ0v) is 9.99. The van der Waals surface area contributed by atoms with Crippen LogP contribution in [0.25, 0.3) is 0 Å². The van der Waals surface area contributed by atoms with Gasteiger partial charge in [0.15, 0.2) is 0 Å². The van der Waals surface area contributed by atoms with Crippen LogP contribution in [0, 0.1) is 19.3 Å². The maximum Gasteiger partial charge on any atom is 0.105 e. The fourth-order valence-electron chi connectivity index (χ4n) is 1.53. The van der Waals surface area contributed by atoms with E-state index >= 15 is 0 Å². The Morgan fingerprint density at radius 1 is 1.62 bits per heavy atom. The van der Waals surface area contributed by atoms with Crippen LogP contribution in [0.1, 0.15) is 17.9 Å². The van der Waals surface area contributed by atoms with Gasteiger partial charge in [-0.15, -0.1) is 12.3 Å². The van der Waals surface area contributed by atoms with Gasteiger partial charge in [0.05, 0.1) is 12.3 Å². The lowest BCUT2D eigenvalue weighted by atomic mass is 10.4. The Balaban J connectivity index is 2.48. The van der Waals surface area contributed by atoms with E-state index in [0.29, 0.717) is 0 Å². The Hall–Kier alpha value is -1.31. The van der Waals surface area contributed by atoms with Crippen molar-refractivity contribution >= 4 is 0 Å². The smallest absolute Gasteiger partial charge is 0.105 e. The molecule has 4 heteroatoms. The second-order valence-electron chi connectivity index (χ2n) is 3.57. The molecule has 1 N–H and O–H groups in total. The molecule has 1 rings (SSSR count). The van der Waals surface area contributed by atoms with Crippen molar-refractivity contribution in [1.82, 2.24) is 14.9 Å². The van der Waals surface area contributed by atoms with E-state index in [1.165, 1.54) is 5.69 Å². The SMILES string of the molecule is C#CCCn1c(CNCCOC)cnc1C. The normalized spacial score (nSPS) is 10.3. The van der Waals surface area contributed by atoms with E-state index in [4.69, 9.17) is 11.2 Å². The van der Waals surface area contributed by atoms with Crippen LogP contribution in [0.5, 0.6) is 0 Å². The summed E-state index contributed by atoms with van der Waals surface area (Å²) in [5, 5.41) is 3.30. The summed E-state index contributed by atoms with van der Waals surface area (Å²) in [5.74, 6) is 3.66. The van der Waals surface area contributed by atoms with Crippen LogP contribution in [-0.4, -0.2) is 29.8 Å². The number of ether oxygens (including phenoxy) is 1. The van der Waals surface area contributed by atoms with Gasteiger partial charge in [0, 0.05) is 39.4 Å². The number of nitrogens with one attached hydrogen (secondary N) is 1. The predicted octanol–water partition coefficient (Wildman–Crippen LogP) is 0.951. The van der Waals surface area contributed by atoms with Gasteiger partial charge < -0.3 is 14.6 Å². The van der Waals surface area contributed by atoms with Crippen molar-refractivity contribution in [3.63, 3.8) is 0 Å². The van der Waals surface area contributed by atoms with E-state index in [2.05, 4.69) is 20.8 Å². The lowest BCUT2D eigenvalue weighted by Crippen LogP contribution is -2.20. The highest BCUT2D eigenvalue weighted by molar-refractivity contribution is 5.05. The number of methoxy groups -OCH3 is 1. The average Bonchev–Trinajstić information content (AvgIpc) is 2.63. The fraction of sp³-hybridized carbons (Fsp3) is 0.583. The molecule has 0 saturated heterocycles. The van der Waals surface area contributed by atoms with E-state index in [1.807, 2.05) is 13.1 Å². The number of hydrogen-bond acceptors (Lipinski definition) is 3. The number of terminal acetylenes is 1. The zero-order valence-electron chi connectivity index (χ0n) is 9.99. The molecule has 0 spiro atoms. The van der Waals surface area contributed by atoms with Crippen LogP contribution in [0.4, 0.5) is 0 Å². The molecular formula is C12H19N3O. The Kier molecular flexibility index (Phi) is 5.62. The molecule has 16 heavy (non-hydrogen) atoms. The molecule has 0 aliphatic rings. The Labute approximate surface area is 97.0 Å². The van der Waals surface area contributed by atoms with Gasteiger partial charge in [-0.05, 0) is 6.92 Å². The topological polar surface area (TPSA) is 39.1 Å². The van der Waals surface area contributed by atoms with Crippen LogP contribution in [0.3, 0.4) is 0 Å². The molecule has 88 valence electrons. The summed E-state index contributed by atoms with van der Waals surface area (Å²) in [5.41, 5.74) is 1.17. The molecule has 0 unspecified atom stereocenters. The minimum Gasteiger partial charge on any atom is -0.383 e. The molecule has 4 nitrogen and oxygen atoms in total. The van der Waals surface area contributed by atoms with E-state index in [9.17, 15) is 0 Å². The highest BCUT2D eigenvalue weighted by Crippen LogP contribution is 2.05. The molecule has 0 amide bonds. The molecule has 0 aliphatic heterocycles. The molecule has 0 saturated carbocycles. The molecular weight excluding hydrogens is 202 g/mol. The van der Waals surface area contributed by atoms with E-state index in [1.54, 1.807) is 7.11 Å². The van der Waals surface area contributed by atoms with Crippen molar-refractivity contribution in [3.05, 3.63) is 17.7 Å². The fourth-order valence-corrected chi connectivity index (χ4v) is 1.53. The largest absolute Gasteiger partial charge is 0.383 e. The van der Waals surface area contributed by atoms with Crippen molar-refractivity contribution in [2.24, 2.45) is 0 Å². The predicted molar refractivity (Wildman–Crippen MR) is 64.0 cm³/mol. The van der Waals surface area contributed by atoms with Gasteiger partial charge in [-0.25, -0.2) is 4.98 Å². The minimum atomic E-state index is 0.720. The van der Waals surface area contributed by atoms with Gasteiger partial charge in [0.25, 0.3) is 0 Å². The maximum absolute atomic E-state index is 5.27. The number of imidazole rings is 1. The first-order valence-corrected chi connectivity index (χ1v) is 5.43. The third-order valence-electron chi connectivity index (χ3n) is 2.41. The summed E-state index contributed by atoms with van der Waals surface area (Å²) < 4.78 is 7.12. The number of hydrogen-bond donors (Lipinski definition) is 1. The van der Waals surface area contributed by atoms with Gasteiger partial charge >= 0.3 is 0 Å². The third-order valence-corrected chi connectivity index (χ3v) is 2.41. The average molecular weight is 221 g/mol. The Morgan fingerprint density at radius 2 is 2.44 bits per heavy atom. The number of nitrogens with zero attached hydrogens (tertiary/aromatic N) is 2. The Bertz CT molecular complexity index is 352. The van der Waals surface area contributed by atoms with Gasteiger partial charge in [-0.3, -0.25) is 0 Å². The summed E-state index contributed by atoms with van der Waals surface area (Å²) >= 11 is 0. The molecule has 1 aromatic rings. The number of aromatic nitrogens is 2. The van der Waals surface area contributed by atoms with Crippen LogP contribution in [-0.2, 0) is 17.8 Å². The second kappa shape index (κ2) is 7.04. The summed E-state index contributed by atoms with van der Waals surface area (Å²) in [6, 6.07) is 0. The lowest BCUT2D eigenvalue weighted by Gasteiger charge is -2.09. The highest BCUT2D eigenvalue weighted by atomic mass is 16.5. The quantitative estimate of drug-likeness (QED) is 0.550. The van der Waals surface area contributed by atoms with E-state index in [-0.39, 0.29) is 0 Å². The van der Waals surface area contributed by atoms with Crippen LogP contribution >= 0.6 is 0 Å². The molecule has 1 aromatic heterocycles. The van der Waals surface area contributed by atoms with Gasteiger partial charge in [0.2, 0.25) is 0 Å². The molecule has 0 radical (unpaired) electrons. The molecule has 1 heterocycles. The number of aryl methyl sites for hydroxylation is 1. The van der Waals surface area contributed by atoms with Crippen molar-refractivity contribution in [2.75, 3.05) is 20.3 Å². The van der Waals surface area contributed by atoms with Crippen LogP contribution in [0.2, 0.25) is 0 Å². The first-order valence-electron chi connectivity index (χ1n) is 5.43. The molecule has 0 bridgehead atoms. The monoisotopic (exact) mass is 221 g/mol. The minimum absolute atomic E-state index is 0.720. The first-order chi connectivity index (χ1) is 7.79. The van der Waals surface area contributed by atoms with Crippen LogP contribution in [0.15, 0.2) is 6.20 Å². The Morgan fingerprint density at radius 3 is 3.12 bits per heavy atom.